The molecule has 0 saturated carbocycles. The van der Waals surface area contributed by atoms with Gasteiger partial charge in [-0.2, -0.15) is 0 Å². The Bertz CT molecular complexity index is 453. The number of hydrogen-bond acceptors (Lipinski definition) is 5. The maximum atomic E-state index is 11.3. The summed E-state index contributed by atoms with van der Waals surface area (Å²) in [5.74, 6) is 0.233. The molecule has 5 nitrogen and oxygen atoms in total. The number of aryl methyl sites for hydroxylation is 1. The fraction of sp³-hybridized carbons (Fsp3) is 0.429. The van der Waals surface area contributed by atoms with Gasteiger partial charge in [-0.05, 0) is 37.1 Å². The zero-order chi connectivity index (χ0) is 14.3. The third-order valence-corrected chi connectivity index (χ3v) is 2.22. The number of ether oxygens (including phenoxy) is 3. The minimum Gasteiger partial charge on any atom is -0.482 e. The van der Waals surface area contributed by atoms with Gasteiger partial charge in [0.05, 0.1) is 6.61 Å². The molecule has 0 radical (unpaired) electrons. The maximum Gasteiger partial charge on any atom is 0.344 e. The summed E-state index contributed by atoms with van der Waals surface area (Å²) in [5.41, 5.74) is 0.780. The van der Waals surface area contributed by atoms with E-state index in [0.717, 1.165) is 12.0 Å². The molecule has 0 unspecified atom stereocenters. The van der Waals surface area contributed by atoms with Crippen LogP contribution in [0.1, 0.15) is 25.8 Å². The molecule has 19 heavy (non-hydrogen) atoms. The predicted octanol–water partition coefficient (Wildman–Crippen LogP) is 2.25. The van der Waals surface area contributed by atoms with Crippen molar-refractivity contribution in [1.29, 1.82) is 0 Å². The first-order valence-corrected chi connectivity index (χ1v) is 6.10. The summed E-state index contributed by atoms with van der Waals surface area (Å²) in [6, 6.07) is 4.94. The van der Waals surface area contributed by atoms with Gasteiger partial charge in [0.1, 0.15) is 11.5 Å². The zero-order valence-corrected chi connectivity index (χ0v) is 11.4. The maximum absolute atomic E-state index is 11.3. The van der Waals surface area contributed by atoms with Crippen molar-refractivity contribution >= 4 is 11.9 Å². The van der Waals surface area contributed by atoms with E-state index in [1.54, 1.807) is 25.1 Å². The van der Waals surface area contributed by atoms with E-state index < -0.39 is 5.97 Å². The van der Waals surface area contributed by atoms with Crippen LogP contribution in [0.5, 0.6) is 11.5 Å². The molecule has 0 amide bonds. The Kier molecular flexibility index (Phi) is 5.85. The van der Waals surface area contributed by atoms with Crippen molar-refractivity contribution in [3.63, 3.8) is 0 Å². The van der Waals surface area contributed by atoms with Crippen LogP contribution in [0.4, 0.5) is 0 Å². The predicted molar refractivity (Wildman–Crippen MR) is 69.2 cm³/mol. The van der Waals surface area contributed by atoms with Crippen LogP contribution in [0, 0.1) is 6.92 Å². The Hall–Kier alpha value is -2.04. The van der Waals surface area contributed by atoms with Crippen LogP contribution in [0.2, 0.25) is 0 Å². The second kappa shape index (κ2) is 7.41. The normalized spacial score (nSPS) is 9.84. The fourth-order valence-electron chi connectivity index (χ4n) is 1.41. The molecule has 0 aliphatic carbocycles. The van der Waals surface area contributed by atoms with Crippen molar-refractivity contribution in [3.8, 4) is 11.5 Å². The summed E-state index contributed by atoms with van der Waals surface area (Å²) in [4.78, 5) is 22.1. The number of carbonyl (C=O) groups is 2. The Morgan fingerprint density at radius 3 is 2.58 bits per heavy atom. The first-order chi connectivity index (χ1) is 9.02. The van der Waals surface area contributed by atoms with Crippen LogP contribution < -0.4 is 9.47 Å². The van der Waals surface area contributed by atoms with Crippen LogP contribution >= 0.6 is 0 Å². The highest BCUT2D eigenvalue weighted by molar-refractivity contribution is 5.71. The van der Waals surface area contributed by atoms with Crippen molar-refractivity contribution in [2.24, 2.45) is 0 Å². The minimum atomic E-state index is -0.398. The summed E-state index contributed by atoms with van der Waals surface area (Å²) >= 11 is 0. The molecule has 0 bridgehead atoms. The van der Waals surface area contributed by atoms with E-state index in [4.69, 9.17) is 14.2 Å². The third-order valence-electron chi connectivity index (χ3n) is 2.22. The van der Waals surface area contributed by atoms with Gasteiger partial charge < -0.3 is 14.2 Å². The molecule has 0 aromatic heterocycles. The number of carbonyl (C=O) groups excluding carboxylic acids is 2. The Morgan fingerprint density at radius 2 is 2.00 bits per heavy atom. The number of esters is 2. The van der Waals surface area contributed by atoms with Gasteiger partial charge in [-0.1, -0.05) is 6.92 Å². The lowest BCUT2D eigenvalue weighted by Gasteiger charge is -2.10. The summed E-state index contributed by atoms with van der Waals surface area (Å²) in [5, 5.41) is 0. The van der Waals surface area contributed by atoms with Crippen molar-refractivity contribution in [2.45, 2.75) is 27.2 Å². The Morgan fingerprint density at radius 1 is 1.26 bits per heavy atom. The minimum absolute atomic E-state index is 0.131. The lowest BCUT2D eigenvalue weighted by molar-refractivity contribution is -0.146. The quantitative estimate of drug-likeness (QED) is 0.583. The summed E-state index contributed by atoms with van der Waals surface area (Å²) < 4.78 is 15.2. The molecule has 0 heterocycles. The Balaban J connectivity index is 2.55. The molecular weight excluding hydrogens is 248 g/mol. The van der Waals surface area contributed by atoms with Gasteiger partial charge in [-0.3, -0.25) is 4.79 Å². The van der Waals surface area contributed by atoms with Gasteiger partial charge in [-0.15, -0.1) is 0 Å². The SMILES string of the molecule is CCCOC(=O)COc1ccc(OC(C)=O)cc1C. The summed E-state index contributed by atoms with van der Waals surface area (Å²) in [6.07, 6.45) is 0.780. The highest BCUT2D eigenvalue weighted by Gasteiger charge is 2.07. The van der Waals surface area contributed by atoms with E-state index in [2.05, 4.69) is 0 Å². The lowest BCUT2D eigenvalue weighted by Crippen LogP contribution is -2.15. The second-order valence-electron chi connectivity index (χ2n) is 4.03. The van der Waals surface area contributed by atoms with Crippen LogP contribution in [0.3, 0.4) is 0 Å². The fourth-order valence-corrected chi connectivity index (χ4v) is 1.41. The van der Waals surface area contributed by atoms with Crippen LogP contribution in [-0.4, -0.2) is 25.2 Å². The molecule has 0 aliphatic rings. The van der Waals surface area contributed by atoms with E-state index in [9.17, 15) is 9.59 Å². The monoisotopic (exact) mass is 266 g/mol. The second-order valence-corrected chi connectivity index (χ2v) is 4.03. The molecule has 1 rings (SSSR count). The average Bonchev–Trinajstić information content (AvgIpc) is 2.34. The molecule has 1 aromatic rings. The van der Waals surface area contributed by atoms with E-state index in [1.165, 1.54) is 6.92 Å². The van der Waals surface area contributed by atoms with E-state index in [-0.39, 0.29) is 12.6 Å². The van der Waals surface area contributed by atoms with Crippen molar-refractivity contribution < 1.29 is 23.8 Å². The standard InChI is InChI=1S/C14H18O5/c1-4-7-17-14(16)9-18-13-6-5-12(8-10(13)2)19-11(3)15/h5-6,8H,4,7,9H2,1-3H3. The molecule has 0 spiro atoms. The summed E-state index contributed by atoms with van der Waals surface area (Å²) in [7, 11) is 0. The molecule has 104 valence electrons. The largest absolute Gasteiger partial charge is 0.482 e. The highest BCUT2D eigenvalue weighted by Crippen LogP contribution is 2.23. The topological polar surface area (TPSA) is 61.8 Å². The van der Waals surface area contributed by atoms with Gasteiger partial charge in [0, 0.05) is 6.92 Å². The smallest absolute Gasteiger partial charge is 0.344 e. The van der Waals surface area contributed by atoms with E-state index in [1.807, 2.05) is 6.92 Å². The van der Waals surface area contributed by atoms with Crippen molar-refractivity contribution in [3.05, 3.63) is 23.8 Å². The van der Waals surface area contributed by atoms with Crippen LogP contribution in [-0.2, 0) is 14.3 Å². The molecule has 0 N–H and O–H groups in total. The number of benzene rings is 1. The molecule has 0 aliphatic heterocycles. The molecule has 5 heteroatoms. The van der Waals surface area contributed by atoms with Gasteiger partial charge >= 0.3 is 11.9 Å². The Labute approximate surface area is 112 Å². The summed E-state index contributed by atoms with van der Waals surface area (Å²) in [6.45, 7) is 5.33. The van der Waals surface area contributed by atoms with E-state index in [0.29, 0.717) is 18.1 Å². The van der Waals surface area contributed by atoms with Crippen molar-refractivity contribution in [1.82, 2.24) is 0 Å². The van der Waals surface area contributed by atoms with Gasteiger partial charge in [0.15, 0.2) is 6.61 Å². The lowest BCUT2D eigenvalue weighted by atomic mass is 10.2. The van der Waals surface area contributed by atoms with Gasteiger partial charge in [-0.25, -0.2) is 4.79 Å². The molecule has 0 saturated heterocycles. The van der Waals surface area contributed by atoms with Crippen LogP contribution in [0.25, 0.3) is 0 Å². The number of rotatable bonds is 6. The van der Waals surface area contributed by atoms with Crippen LogP contribution in [0.15, 0.2) is 18.2 Å². The average molecular weight is 266 g/mol. The third kappa shape index (κ3) is 5.42. The van der Waals surface area contributed by atoms with Crippen molar-refractivity contribution in [2.75, 3.05) is 13.2 Å². The number of hydrogen-bond donors (Lipinski definition) is 0. The molecular formula is C14H18O5. The first kappa shape index (κ1) is 15.0. The van der Waals surface area contributed by atoms with Gasteiger partial charge in [0.25, 0.3) is 0 Å². The molecule has 0 fully saturated rings. The molecule has 0 atom stereocenters. The first-order valence-electron chi connectivity index (χ1n) is 6.10. The van der Waals surface area contributed by atoms with E-state index >= 15 is 0 Å². The zero-order valence-electron chi connectivity index (χ0n) is 11.4. The van der Waals surface area contributed by atoms with Gasteiger partial charge in [0.2, 0.25) is 0 Å². The highest BCUT2D eigenvalue weighted by atomic mass is 16.6. The molecule has 1 aromatic carbocycles.